The molecule has 0 saturated heterocycles. The highest BCUT2D eigenvalue weighted by Crippen LogP contribution is 2.64. The number of nitrogens with one attached hydrogen (secondary N) is 1. The smallest absolute Gasteiger partial charge is 0.235 e. The van der Waals surface area contributed by atoms with E-state index < -0.39 is 15.4 Å². The predicted molar refractivity (Wildman–Crippen MR) is 107 cm³/mol. The summed E-state index contributed by atoms with van der Waals surface area (Å²) in [5, 5.41) is 0.327. The molecule has 27 heavy (non-hydrogen) atoms. The minimum Gasteiger partial charge on any atom is -0.494 e. The second-order valence-corrected chi connectivity index (χ2v) is 10.9. The van der Waals surface area contributed by atoms with Crippen molar-refractivity contribution in [2.24, 2.45) is 16.7 Å². The molecule has 1 N–H and O–H groups in total. The lowest BCUT2D eigenvalue weighted by Crippen LogP contribution is -2.43. The van der Waals surface area contributed by atoms with Gasteiger partial charge in [0.25, 0.3) is 0 Å². The first kappa shape index (κ1) is 18.7. The molecule has 0 spiro atoms. The molecule has 146 valence electrons. The summed E-state index contributed by atoms with van der Waals surface area (Å²) < 4.78 is 34.7. The fraction of sp³-hybridized carbons (Fsp3) is 0.579. The number of hydrogen-bond donors (Lipinski definition) is 1. The number of nitrogens with zero attached hydrogens (tertiary/aromatic N) is 1. The van der Waals surface area contributed by atoms with Gasteiger partial charge in [-0.05, 0) is 49.3 Å². The predicted octanol–water partition coefficient (Wildman–Crippen LogP) is 3.83. The van der Waals surface area contributed by atoms with Gasteiger partial charge < -0.3 is 4.74 Å². The van der Waals surface area contributed by atoms with Crippen molar-refractivity contribution < 1.29 is 17.9 Å². The van der Waals surface area contributed by atoms with Crippen LogP contribution in [0.25, 0.3) is 10.2 Å². The number of Topliss-reactive ketones (excluding diaryl/α,β-unsaturated/α-hetero) is 1. The molecule has 1 heterocycles. The third kappa shape index (κ3) is 2.93. The van der Waals surface area contributed by atoms with E-state index in [1.165, 1.54) is 11.3 Å². The van der Waals surface area contributed by atoms with Crippen LogP contribution in [-0.4, -0.2) is 31.5 Å². The summed E-state index contributed by atoms with van der Waals surface area (Å²) in [4.78, 5) is 17.0. The number of aromatic nitrogens is 1. The third-order valence-corrected chi connectivity index (χ3v) is 8.93. The van der Waals surface area contributed by atoms with Crippen molar-refractivity contribution in [3.8, 4) is 5.75 Å². The molecule has 1 aromatic carbocycles. The maximum atomic E-state index is 12.9. The van der Waals surface area contributed by atoms with E-state index in [-0.39, 0.29) is 17.0 Å². The van der Waals surface area contributed by atoms with Crippen molar-refractivity contribution in [1.82, 2.24) is 4.98 Å². The van der Waals surface area contributed by atoms with Gasteiger partial charge in [-0.15, -0.1) is 0 Å². The minimum absolute atomic E-state index is 0.0970. The Hall–Kier alpha value is -1.67. The van der Waals surface area contributed by atoms with Crippen molar-refractivity contribution in [2.75, 3.05) is 17.1 Å². The number of rotatable bonds is 6. The molecule has 4 rings (SSSR count). The highest BCUT2D eigenvalue weighted by molar-refractivity contribution is 7.93. The van der Waals surface area contributed by atoms with Crippen LogP contribution in [0.4, 0.5) is 5.13 Å². The number of ether oxygens (including phenoxy) is 1. The molecule has 2 atom stereocenters. The first-order valence-corrected chi connectivity index (χ1v) is 11.7. The molecule has 2 fully saturated rings. The Balaban J connectivity index is 1.58. The lowest BCUT2D eigenvalue weighted by Gasteiger charge is -2.35. The molecule has 0 aliphatic heterocycles. The molecule has 0 amide bonds. The van der Waals surface area contributed by atoms with Gasteiger partial charge >= 0.3 is 0 Å². The number of carbonyl (C=O) groups is 1. The van der Waals surface area contributed by atoms with Gasteiger partial charge in [0, 0.05) is 6.42 Å². The number of anilines is 1. The summed E-state index contributed by atoms with van der Waals surface area (Å²) in [5.74, 6) is 0.958. The number of hydrogen-bond acceptors (Lipinski definition) is 6. The van der Waals surface area contributed by atoms with Gasteiger partial charge in [-0.3, -0.25) is 9.52 Å². The van der Waals surface area contributed by atoms with Crippen molar-refractivity contribution in [3.05, 3.63) is 18.2 Å². The highest BCUT2D eigenvalue weighted by atomic mass is 32.2. The molecule has 2 aliphatic rings. The van der Waals surface area contributed by atoms with Gasteiger partial charge in [0.2, 0.25) is 10.0 Å². The summed E-state index contributed by atoms with van der Waals surface area (Å²) in [7, 11) is -3.69. The zero-order valence-electron chi connectivity index (χ0n) is 15.7. The normalized spacial score (nSPS) is 26.6. The van der Waals surface area contributed by atoms with Crippen LogP contribution in [0.1, 0.15) is 40.0 Å². The Labute approximate surface area is 163 Å². The van der Waals surface area contributed by atoms with E-state index >= 15 is 0 Å². The van der Waals surface area contributed by atoms with Crippen LogP contribution in [0, 0.1) is 16.7 Å². The van der Waals surface area contributed by atoms with Crippen molar-refractivity contribution in [1.29, 1.82) is 0 Å². The number of sulfonamides is 1. The number of fused-ring (bicyclic) bond motifs is 3. The zero-order valence-corrected chi connectivity index (χ0v) is 17.4. The molecule has 0 radical (unpaired) electrons. The second-order valence-electron chi connectivity index (χ2n) is 8.11. The van der Waals surface area contributed by atoms with E-state index in [0.29, 0.717) is 30.5 Å². The van der Waals surface area contributed by atoms with Crippen molar-refractivity contribution in [3.63, 3.8) is 0 Å². The average molecular weight is 409 g/mol. The van der Waals surface area contributed by atoms with E-state index in [0.717, 1.165) is 22.4 Å². The van der Waals surface area contributed by atoms with Crippen LogP contribution in [-0.2, 0) is 14.8 Å². The van der Waals surface area contributed by atoms with Gasteiger partial charge in [0.05, 0.1) is 28.0 Å². The van der Waals surface area contributed by atoms with Crippen molar-refractivity contribution >= 4 is 42.5 Å². The van der Waals surface area contributed by atoms with Gasteiger partial charge in [-0.2, -0.15) is 0 Å². The van der Waals surface area contributed by atoms with E-state index in [1.807, 2.05) is 39.0 Å². The minimum atomic E-state index is -3.69. The average Bonchev–Trinajstić information content (AvgIpc) is 3.12. The molecule has 8 heteroatoms. The quantitative estimate of drug-likeness (QED) is 0.785. The van der Waals surface area contributed by atoms with Gasteiger partial charge in [0.15, 0.2) is 5.13 Å². The second kappa shape index (κ2) is 6.17. The fourth-order valence-corrected chi connectivity index (χ4v) is 7.81. The Kier molecular flexibility index (Phi) is 4.27. The van der Waals surface area contributed by atoms with E-state index in [4.69, 9.17) is 4.74 Å². The molecule has 2 aliphatic carbocycles. The van der Waals surface area contributed by atoms with E-state index in [9.17, 15) is 13.2 Å². The van der Waals surface area contributed by atoms with Crippen LogP contribution in [0.3, 0.4) is 0 Å². The molecular formula is C19H24N2O4S2. The van der Waals surface area contributed by atoms with E-state index in [1.54, 1.807) is 0 Å². The summed E-state index contributed by atoms with van der Waals surface area (Å²) in [5.41, 5.74) is -0.335. The SMILES string of the molecule is CCOc1ccc2nc(NS(=O)(=O)C[C@]34CC[C@@H](CC3=O)C4(C)C)sc2c1. The first-order chi connectivity index (χ1) is 12.7. The van der Waals surface area contributed by atoms with Crippen LogP contribution in [0.2, 0.25) is 0 Å². The Morgan fingerprint density at radius 2 is 2.15 bits per heavy atom. The summed E-state index contributed by atoms with van der Waals surface area (Å²) >= 11 is 1.27. The van der Waals surface area contributed by atoms with E-state index in [2.05, 4.69) is 9.71 Å². The Morgan fingerprint density at radius 3 is 2.78 bits per heavy atom. The molecule has 2 saturated carbocycles. The summed E-state index contributed by atoms with van der Waals surface area (Å²) in [6.07, 6.45) is 2.08. The lowest BCUT2D eigenvalue weighted by molar-refractivity contribution is -0.128. The standard InChI is InChI=1S/C19H24N2O4S2/c1-4-25-13-5-6-14-15(10-13)26-17(20-14)21-27(23,24)11-19-8-7-12(9-16(19)22)18(19,2)3/h5-6,10,12H,4,7-9,11H2,1-3H3,(H,20,21)/t12-,19+/m0/s1. The lowest BCUT2D eigenvalue weighted by atomic mass is 9.70. The number of thiazole rings is 1. The van der Waals surface area contributed by atoms with Crippen molar-refractivity contribution in [2.45, 2.75) is 40.0 Å². The molecule has 2 bridgehead atoms. The third-order valence-electron chi connectivity index (χ3n) is 6.49. The largest absolute Gasteiger partial charge is 0.494 e. The first-order valence-electron chi connectivity index (χ1n) is 9.24. The van der Waals surface area contributed by atoms with Crippen LogP contribution >= 0.6 is 11.3 Å². The van der Waals surface area contributed by atoms with Gasteiger partial charge in [-0.1, -0.05) is 25.2 Å². The summed E-state index contributed by atoms with van der Waals surface area (Å²) in [6, 6.07) is 5.50. The molecule has 1 aromatic heterocycles. The van der Waals surface area contributed by atoms with Gasteiger partial charge in [0.1, 0.15) is 11.5 Å². The number of benzene rings is 1. The Morgan fingerprint density at radius 1 is 1.37 bits per heavy atom. The molecule has 2 aromatic rings. The van der Waals surface area contributed by atoms with Crippen LogP contribution in [0.5, 0.6) is 5.75 Å². The highest BCUT2D eigenvalue weighted by Gasteiger charge is 2.65. The molecule has 6 nitrogen and oxygen atoms in total. The van der Waals surface area contributed by atoms with Gasteiger partial charge in [-0.25, -0.2) is 13.4 Å². The molecular weight excluding hydrogens is 384 g/mol. The molecule has 0 unspecified atom stereocenters. The summed E-state index contributed by atoms with van der Waals surface area (Å²) in [6.45, 7) is 6.56. The fourth-order valence-electron chi connectivity index (χ4n) is 4.81. The monoisotopic (exact) mass is 408 g/mol. The maximum Gasteiger partial charge on any atom is 0.235 e. The number of carbonyl (C=O) groups excluding carboxylic acids is 1. The maximum absolute atomic E-state index is 12.9. The van der Waals surface area contributed by atoms with Crippen LogP contribution < -0.4 is 9.46 Å². The number of ketones is 1. The van der Waals surface area contributed by atoms with Crippen LogP contribution in [0.15, 0.2) is 18.2 Å². The topological polar surface area (TPSA) is 85.4 Å². The zero-order chi connectivity index (χ0) is 19.4. The Bertz CT molecular complexity index is 1010.